The Labute approximate surface area is 269 Å². The van der Waals surface area contributed by atoms with Crippen LogP contribution in [-0.2, 0) is 19.8 Å². The predicted octanol–water partition coefficient (Wildman–Crippen LogP) is 7.40. The summed E-state index contributed by atoms with van der Waals surface area (Å²) < 4.78 is 5.49. The second-order valence-electron chi connectivity index (χ2n) is 12.7. The summed E-state index contributed by atoms with van der Waals surface area (Å²) in [7, 11) is 0. The molecule has 2 aliphatic rings. The molecule has 0 radical (unpaired) electrons. The molecule has 1 saturated heterocycles. The lowest BCUT2D eigenvalue weighted by Crippen LogP contribution is -2.50. The SMILES string of the molecule is CC1CCC(c2ccc(/C=C/C(=O)Oc3ccc(N4C(=O)CC(c5ccc(N)cc5)(c5ccc(N)cc5)CC4=O)cc3)cc2)CC1. The Morgan fingerprint density at radius 1 is 0.739 bits per heavy atom. The Kier molecular flexibility index (Phi) is 8.75. The van der Waals surface area contributed by atoms with Gasteiger partial charge in [-0.15, -0.1) is 0 Å². The topological polar surface area (TPSA) is 116 Å². The number of benzene rings is 4. The first-order valence-corrected chi connectivity index (χ1v) is 15.9. The van der Waals surface area contributed by atoms with Gasteiger partial charge in [0.2, 0.25) is 11.8 Å². The van der Waals surface area contributed by atoms with Crippen molar-refractivity contribution in [3.05, 3.63) is 125 Å². The second kappa shape index (κ2) is 13.1. The number of rotatable bonds is 7. The molecule has 0 bridgehead atoms. The third-order valence-corrected chi connectivity index (χ3v) is 9.48. The lowest BCUT2D eigenvalue weighted by Gasteiger charge is -2.41. The van der Waals surface area contributed by atoms with Gasteiger partial charge in [-0.25, -0.2) is 4.79 Å². The molecule has 6 rings (SSSR count). The third kappa shape index (κ3) is 6.59. The lowest BCUT2D eigenvalue weighted by atomic mass is 9.67. The van der Waals surface area contributed by atoms with Crippen molar-refractivity contribution >= 4 is 40.9 Å². The van der Waals surface area contributed by atoms with Gasteiger partial charge < -0.3 is 16.2 Å². The molecule has 7 heteroatoms. The lowest BCUT2D eigenvalue weighted by molar-refractivity contribution is -0.131. The van der Waals surface area contributed by atoms with Crippen LogP contribution in [-0.4, -0.2) is 17.8 Å². The van der Waals surface area contributed by atoms with Gasteiger partial charge in [0, 0.05) is 35.7 Å². The molecule has 0 aromatic heterocycles. The van der Waals surface area contributed by atoms with Gasteiger partial charge in [-0.05, 0) is 102 Å². The molecular weight excluding hydrogens is 574 g/mol. The number of carbonyl (C=O) groups is 3. The number of amides is 2. The van der Waals surface area contributed by atoms with E-state index in [9.17, 15) is 14.4 Å². The van der Waals surface area contributed by atoms with Crippen LogP contribution in [0.4, 0.5) is 17.1 Å². The Bertz CT molecular complexity index is 1670. The number of nitrogens with two attached hydrogens (primary N) is 2. The fourth-order valence-electron chi connectivity index (χ4n) is 6.79. The Hall–Kier alpha value is -5.17. The summed E-state index contributed by atoms with van der Waals surface area (Å²) in [5, 5.41) is 0. The number of piperidine rings is 1. The van der Waals surface area contributed by atoms with E-state index in [1.807, 2.05) is 36.4 Å². The van der Waals surface area contributed by atoms with E-state index in [4.69, 9.17) is 16.2 Å². The van der Waals surface area contributed by atoms with Crippen molar-refractivity contribution < 1.29 is 19.1 Å². The number of nitrogen functional groups attached to an aromatic ring is 2. The van der Waals surface area contributed by atoms with E-state index in [1.54, 1.807) is 54.6 Å². The molecule has 1 heterocycles. The molecule has 1 aliphatic carbocycles. The fraction of sp³-hybridized carbons (Fsp3) is 0.256. The van der Waals surface area contributed by atoms with Gasteiger partial charge in [0.05, 0.1) is 5.69 Å². The van der Waals surface area contributed by atoms with Crippen molar-refractivity contribution in [2.24, 2.45) is 5.92 Å². The van der Waals surface area contributed by atoms with E-state index in [-0.39, 0.29) is 24.7 Å². The van der Waals surface area contributed by atoms with Crippen LogP contribution in [0.2, 0.25) is 0 Å². The summed E-state index contributed by atoms with van der Waals surface area (Å²) in [6.07, 6.45) is 8.31. The molecule has 46 heavy (non-hydrogen) atoms. The number of carbonyl (C=O) groups excluding carboxylic acids is 3. The maximum atomic E-state index is 13.7. The highest BCUT2D eigenvalue weighted by Crippen LogP contribution is 2.44. The highest BCUT2D eigenvalue weighted by atomic mass is 16.5. The van der Waals surface area contributed by atoms with E-state index >= 15 is 0 Å². The number of hydrogen-bond acceptors (Lipinski definition) is 6. The highest BCUT2D eigenvalue weighted by Gasteiger charge is 2.46. The molecular formula is C39H39N3O4. The van der Waals surface area contributed by atoms with Crippen LogP contribution >= 0.6 is 0 Å². The first-order valence-electron chi connectivity index (χ1n) is 15.9. The molecule has 0 unspecified atom stereocenters. The molecule has 2 amide bonds. The van der Waals surface area contributed by atoms with Crippen LogP contribution in [0.15, 0.2) is 103 Å². The quantitative estimate of drug-likeness (QED) is 0.0738. The van der Waals surface area contributed by atoms with Gasteiger partial charge >= 0.3 is 5.97 Å². The van der Waals surface area contributed by atoms with Gasteiger partial charge in [-0.2, -0.15) is 0 Å². The first-order chi connectivity index (χ1) is 22.2. The van der Waals surface area contributed by atoms with E-state index in [1.165, 1.54) is 42.2 Å². The number of nitrogens with zero attached hydrogens (tertiary/aromatic N) is 1. The van der Waals surface area contributed by atoms with Gasteiger partial charge in [-0.1, -0.05) is 68.3 Å². The Morgan fingerprint density at radius 2 is 1.26 bits per heavy atom. The zero-order chi connectivity index (χ0) is 32.3. The van der Waals surface area contributed by atoms with Crippen LogP contribution in [0.1, 0.15) is 73.6 Å². The summed E-state index contributed by atoms with van der Waals surface area (Å²) in [4.78, 5) is 41.1. The smallest absolute Gasteiger partial charge is 0.336 e. The van der Waals surface area contributed by atoms with Gasteiger partial charge in [0.25, 0.3) is 0 Å². The number of esters is 1. The zero-order valence-electron chi connectivity index (χ0n) is 26.0. The fourth-order valence-corrected chi connectivity index (χ4v) is 6.79. The van der Waals surface area contributed by atoms with Crippen LogP contribution < -0.4 is 21.1 Å². The minimum atomic E-state index is -0.858. The third-order valence-electron chi connectivity index (χ3n) is 9.48. The molecule has 234 valence electrons. The van der Waals surface area contributed by atoms with Crippen molar-refractivity contribution in [3.63, 3.8) is 0 Å². The minimum absolute atomic E-state index is 0.0783. The molecule has 1 saturated carbocycles. The molecule has 2 fully saturated rings. The van der Waals surface area contributed by atoms with Crippen LogP contribution in [0.25, 0.3) is 6.08 Å². The minimum Gasteiger partial charge on any atom is -0.423 e. The summed E-state index contributed by atoms with van der Waals surface area (Å²) in [6.45, 7) is 2.32. The monoisotopic (exact) mass is 613 g/mol. The summed E-state index contributed by atoms with van der Waals surface area (Å²) >= 11 is 0. The molecule has 4 aromatic carbocycles. The Balaban J connectivity index is 1.12. The molecule has 4 N–H and O–H groups in total. The normalized spacial score (nSPS) is 19.7. The van der Waals surface area contributed by atoms with Crippen molar-refractivity contribution in [2.75, 3.05) is 16.4 Å². The van der Waals surface area contributed by atoms with Crippen molar-refractivity contribution in [1.82, 2.24) is 0 Å². The molecule has 7 nitrogen and oxygen atoms in total. The molecule has 4 aromatic rings. The van der Waals surface area contributed by atoms with E-state index < -0.39 is 11.4 Å². The van der Waals surface area contributed by atoms with Crippen LogP contribution in [0.3, 0.4) is 0 Å². The summed E-state index contributed by atoms with van der Waals surface area (Å²) in [5.41, 5.74) is 16.6. The molecule has 0 spiro atoms. The van der Waals surface area contributed by atoms with Crippen molar-refractivity contribution in [3.8, 4) is 5.75 Å². The largest absolute Gasteiger partial charge is 0.423 e. The summed E-state index contributed by atoms with van der Waals surface area (Å²) in [6, 6.07) is 29.4. The van der Waals surface area contributed by atoms with Crippen molar-refractivity contribution in [1.29, 1.82) is 0 Å². The zero-order valence-corrected chi connectivity index (χ0v) is 26.0. The van der Waals surface area contributed by atoms with Crippen molar-refractivity contribution in [2.45, 2.75) is 56.8 Å². The van der Waals surface area contributed by atoms with E-state index in [2.05, 4.69) is 19.1 Å². The van der Waals surface area contributed by atoms with E-state index in [0.29, 0.717) is 28.7 Å². The summed E-state index contributed by atoms with van der Waals surface area (Å²) in [5.74, 6) is 0.573. The maximum absolute atomic E-state index is 13.7. The highest BCUT2D eigenvalue weighted by molar-refractivity contribution is 6.18. The standard InChI is InChI=1S/C39H39N3O4/c1-26-2-7-28(8-3-26)29-9-4-27(5-10-29)6-23-38(45)46-35-21-19-34(20-22-35)42-36(43)24-39(25-37(42)44,30-11-15-32(40)16-12-30)31-13-17-33(41)18-14-31/h4-6,9-23,26,28H,2-3,7-8,24-25,40-41H2,1H3/b23-6+. The number of imide groups is 1. The number of hydrogen-bond donors (Lipinski definition) is 2. The average Bonchev–Trinajstić information content (AvgIpc) is 3.05. The Morgan fingerprint density at radius 3 is 1.78 bits per heavy atom. The van der Waals surface area contributed by atoms with E-state index in [0.717, 1.165) is 22.6 Å². The van der Waals surface area contributed by atoms with Crippen LogP contribution in [0, 0.1) is 5.92 Å². The second-order valence-corrected chi connectivity index (χ2v) is 12.7. The maximum Gasteiger partial charge on any atom is 0.336 e. The number of ether oxygens (including phenoxy) is 1. The number of anilines is 3. The average molecular weight is 614 g/mol. The van der Waals surface area contributed by atoms with Crippen LogP contribution in [0.5, 0.6) is 5.75 Å². The van der Waals surface area contributed by atoms with Gasteiger partial charge in [0.1, 0.15) is 5.75 Å². The molecule has 0 atom stereocenters. The van der Waals surface area contributed by atoms with Gasteiger partial charge in [0.15, 0.2) is 0 Å². The molecule has 1 aliphatic heterocycles. The first kappa shape index (κ1) is 30.8. The van der Waals surface area contributed by atoms with Gasteiger partial charge in [-0.3, -0.25) is 14.5 Å². The predicted molar refractivity (Wildman–Crippen MR) is 182 cm³/mol.